The van der Waals surface area contributed by atoms with Gasteiger partial charge in [-0.05, 0) is 0 Å². The molecule has 0 aliphatic rings. The fourth-order valence-electron chi connectivity index (χ4n) is 1.51. The fourth-order valence-corrected chi connectivity index (χ4v) is 1.51. The van der Waals surface area contributed by atoms with E-state index < -0.39 is 0 Å². The zero-order chi connectivity index (χ0) is 10.2. The van der Waals surface area contributed by atoms with Crippen molar-refractivity contribution in [3.05, 3.63) is 59.7 Å². The van der Waals surface area contributed by atoms with Gasteiger partial charge in [0.05, 0.1) is 0 Å². The zero-order valence-corrected chi connectivity index (χ0v) is 10.7. The largest absolute Gasteiger partial charge is 0.748 e. The van der Waals surface area contributed by atoms with Crippen LogP contribution in [0.2, 0.25) is 0 Å². The summed E-state index contributed by atoms with van der Waals surface area (Å²) in [4.78, 5) is 0. The van der Waals surface area contributed by atoms with E-state index in [1.54, 1.807) is 0 Å². The van der Waals surface area contributed by atoms with Gasteiger partial charge >= 0.3 is 0 Å². The average molecular weight is 238 g/mol. The van der Waals surface area contributed by atoms with Crippen molar-refractivity contribution < 1.29 is 17.4 Å². The summed E-state index contributed by atoms with van der Waals surface area (Å²) in [5.74, 6) is 0. The van der Waals surface area contributed by atoms with Crippen molar-refractivity contribution in [1.82, 2.24) is 0 Å². The van der Waals surface area contributed by atoms with Crippen molar-refractivity contribution in [3.63, 3.8) is 0 Å². The van der Waals surface area contributed by atoms with Crippen molar-refractivity contribution in [2.24, 2.45) is 0 Å². The second-order valence-electron chi connectivity index (χ2n) is 3.25. The molecule has 0 fully saturated rings. The van der Waals surface area contributed by atoms with Gasteiger partial charge in [0.15, 0.2) is 0 Å². The van der Waals surface area contributed by atoms with E-state index in [1.165, 1.54) is 24.0 Å². The molecule has 0 saturated heterocycles. The Hall–Kier alpha value is -0.768. The Morgan fingerprint density at radius 1 is 1.07 bits per heavy atom. The van der Waals surface area contributed by atoms with Gasteiger partial charge in [-0.2, -0.15) is 17.2 Å². The molecular weight excluding hydrogens is 220 g/mol. The molecule has 0 heterocycles. The molecule has 0 aromatic heterocycles. The molecule has 0 nitrogen and oxygen atoms in total. The first-order chi connectivity index (χ1) is 6.88. The Bertz CT molecular complexity index is 281. The summed E-state index contributed by atoms with van der Waals surface area (Å²) in [6, 6.07) is 16.6. The molecule has 0 amide bonds. The summed E-state index contributed by atoms with van der Waals surface area (Å²) in [7, 11) is 0. The smallest absolute Gasteiger partial charge is 0 e. The number of aryl methyl sites for hydroxylation is 2. The van der Waals surface area contributed by atoms with Gasteiger partial charge in [-0.15, -0.1) is 0 Å². The van der Waals surface area contributed by atoms with Gasteiger partial charge in [0.1, 0.15) is 0 Å². The first-order valence-corrected chi connectivity index (χ1v) is 5.28. The van der Waals surface area contributed by atoms with Crippen molar-refractivity contribution >= 4 is 0 Å². The zero-order valence-electron chi connectivity index (χ0n) is 9.44. The summed E-state index contributed by atoms with van der Waals surface area (Å²) >= 11 is 0. The maximum Gasteiger partial charge on any atom is 0 e. The quantitative estimate of drug-likeness (QED) is 0.695. The van der Waals surface area contributed by atoms with Gasteiger partial charge in [0.2, 0.25) is 0 Å². The minimum atomic E-state index is 0. The molecule has 0 N–H and O–H groups in total. The van der Waals surface area contributed by atoms with Gasteiger partial charge in [-0.25, -0.2) is 12.1 Å². The van der Waals surface area contributed by atoms with Crippen molar-refractivity contribution in [2.75, 3.05) is 0 Å². The fraction of sp³-hybridized carbons (Fsp3) is 0.286. The topological polar surface area (TPSA) is 0 Å². The molecule has 0 atom stereocenters. The van der Waals surface area contributed by atoms with Crippen molar-refractivity contribution in [2.45, 2.75) is 26.7 Å². The van der Waals surface area contributed by atoms with E-state index in [-0.39, 0.29) is 17.4 Å². The van der Waals surface area contributed by atoms with E-state index in [0.717, 1.165) is 0 Å². The molecule has 0 spiro atoms. The molecule has 2 aromatic rings. The van der Waals surface area contributed by atoms with Crippen LogP contribution >= 0.6 is 0 Å². The standard InChI is InChI=1S/C9H13.C5H5.Cr/c1-3-8-6-5-7-9(8)4-2;1-2-4-5-3-1;/h5-7H,3-4H2,1-2H3;1-5H;/q-1;-5;. The van der Waals surface area contributed by atoms with Crippen molar-refractivity contribution in [3.8, 4) is 0 Å². The van der Waals surface area contributed by atoms with Crippen LogP contribution in [0, 0.1) is 0 Å². The minimum absolute atomic E-state index is 0. The van der Waals surface area contributed by atoms with Crippen LogP contribution in [0.1, 0.15) is 25.0 Å². The van der Waals surface area contributed by atoms with Crippen LogP contribution in [-0.2, 0) is 30.2 Å². The van der Waals surface area contributed by atoms with E-state index in [4.69, 9.17) is 0 Å². The summed E-state index contributed by atoms with van der Waals surface area (Å²) < 4.78 is 0. The van der Waals surface area contributed by atoms with Crippen LogP contribution in [0.3, 0.4) is 0 Å². The van der Waals surface area contributed by atoms with Crippen LogP contribution in [-0.4, -0.2) is 0 Å². The Kier molecular flexibility index (Phi) is 8.10. The van der Waals surface area contributed by atoms with Crippen LogP contribution in [0.5, 0.6) is 0 Å². The molecular formula is C14H18Cr-6. The number of hydrogen-bond acceptors (Lipinski definition) is 0. The number of hydrogen-bond donors (Lipinski definition) is 0. The molecule has 2 aromatic carbocycles. The SMILES string of the molecule is CCc1ccc[c-]1CC.[Cr].[cH-]1[cH-][cH-][cH-][cH-]1. The number of rotatable bonds is 2. The monoisotopic (exact) mass is 238 g/mol. The summed E-state index contributed by atoms with van der Waals surface area (Å²) in [5, 5.41) is 0. The molecule has 0 aliphatic carbocycles. The first-order valence-electron chi connectivity index (χ1n) is 5.28. The van der Waals surface area contributed by atoms with E-state index in [1.807, 2.05) is 30.3 Å². The molecule has 0 bridgehead atoms. The Morgan fingerprint density at radius 2 is 1.60 bits per heavy atom. The molecule has 0 saturated carbocycles. The van der Waals surface area contributed by atoms with Crippen molar-refractivity contribution in [1.29, 1.82) is 0 Å². The summed E-state index contributed by atoms with van der Waals surface area (Å²) in [5.41, 5.74) is 3.02. The van der Waals surface area contributed by atoms with Crippen LogP contribution in [0.15, 0.2) is 48.5 Å². The van der Waals surface area contributed by atoms with Gasteiger partial charge < -0.3 is 30.3 Å². The predicted molar refractivity (Wildman–Crippen MR) is 62.8 cm³/mol. The second-order valence-corrected chi connectivity index (χ2v) is 3.25. The van der Waals surface area contributed by atoms with E-state index in [9.17, 15) is 0 Å². The molecule has 0 aliphatic heterocycles. The van der Waals surface area contributed by atoms with E-state index in [2.05, 4.69) is 32.0 Å². The van der Waals surface area contributed by atoms with Gasteiger partial charge in [-0.3, -0.25) is 0 Å². The van der Waals surface area contributed by atoms with E-state index >= 15 is 0 Å². The van der Waals surface area contributed by atoms with Crippen LogP contribution < -0.4 is 0 Å². The first kappa shape index (κ1) is 14.2. The summed E-state index contributed by atoms with van der Waals surface area (Å²) in [6.45, 7) is 4.41. The average Bonchev–Trinajstić information content (AvgIpc) is 2.91. The maximum absolute atomic E-state index is 2.21. The van der Waals surface area contributed by atoms with Crippen LogP contribution in [0.4, 0.5) is 0 Å². The van der Waals surface area contributed by atoms with Crippen LogP contribution in [0.25, 0.3) is 0 Å². The molecule has 15 heavy (non-hydrogen) atoms. The van der Waals surface area contributed by atoms with E-state index in [0.29, 0.717) is 0 Å². The molecule has 86 valence electrons. The van der Waals surface area contributed by atoms with Gasteiger partial charge in [0.25, 0.3) is 0 Å². The van der Waals surface area contributed by atoms with Gasteiger partial charge in [-0.1, -0.05) is 26.7 Å². The molecule has 0 unspecified atom stereocenters. The summed E-state index contributed by atoms with van der Waals surface area (Å²) in [6.07, 6.45) is 2.35. The predicted octanol–water partition coefficient (Wildman–Crippen LogP) is 3.93. The minimum Gasteiger partial charge on any atom is -0.748 e. The Balaban J connectivity index is 0.000000280. The molecule has 0 radical (unpaired) electrons. The van der Waals surface area contributed by atoms with Gasteiger partial charge in [0, 0.05) is 17.4 Å². The molecule has 2 rings (SSSR count). The maximum atomic E-state index is 2.21. The Labute approximate surface area is 104 Å². The Morgan fingerprint density at radius 3 is 1.93 bits per heavy atom. The molecule has 1 heteroatoms. The third-order valence-electron chi connectivity index (χ3n) is 2.32. The normalized spacial score (nSPS) is 8.67. The second kappa shape index (κ2) is 8.53. The third-order valence-corrected chi connectivity index (χ3v) is 2.32. The third kappa shape index (κ3) is 5.02.